The lowest BCUT2D eigenvalue weighted by atomic mass is 9.90. The SMILES string of the molecule is CC.[B]C(O)(Oc1cc(C)n(C2=C[C@H](C(=O)O)NC=C2C)c(=O)c1Cl)c1ncc(F)cc1F. The van der Waals surface area contributed by atoms with Gasteiger partial charge in [-0.3, -0.25) is 9.36 Å². The van der Waals surface area contributed by atoms with Gasteiger partial charge in [0.15, 0.2) is 13.7 Å². The number of hydrogen-bond donors (Lipinski definition) is 3. The molecule has 1 aliphatic rings. The second-order valence-corrected chi connectivity index (χ2v) is 7.13. The Hall–Kier alpha value is -3.18. The van der Waals surface area contributed by atoms with Crippen LogP contribution in [0.25, 0.3) is 5.70 Å². The van der Waals surface area contributed by atoms with E-state index in [0.29, 0.717) is 17.8 Å². The monoisotopic (exact) mass is 479 g/mol. The molecule has 0 saturated heterocycles. The van der Waals surface area contributed by atoms with E-state index in [0.717, 1.165) is 4.57 Å². The molecule has 12 heteroatoms. The topological polar surface area (TPSA) is 114 Å². The van der Waals surface area contributed by atoms with Gasteiger partial charge in [-0.05, 0) is 25.5 Å². The van der Waals surface area contributed by atoms with E-state index in [1.165, 1.54) is 25.3 Å². The number of nitrogens with zero attached hydrogens (tertiary/aromatic N) is 2. The van der Waals surface area contributed by atoms with Crippen molar-refractivity contribution < 1.29 is 28.5 Å². The van der Waals surface area contributed by atoms with Crippen LogP contribution in [0.4, 0.5) is 8.78 Å². The number of allylic oxidation sites excluding steroid dienone is 2. The summed E-state index contributed by atoms with van der Waals surface area (Å²) in [7, 11) is 5.59. The summed E-state index contributed by atoms with van der Waals surface area (Å²) in [6, 6.07) is 0.627. The van der Waals surface area contributed by atoms with Crippen molar-refractivity contribution in [2.45, 2.75) is 39.4 Å². The van der Waals surface area contributed by atoms with Crippen LogP contribution < -0.4 is 15.6 Å². The van der Waals surface area contributed by atoms with Crippen LogP contribution in [-0.4, -0.2) is 39.6 Å². The van der Waals surface area contributed by atoms with Gasteiger partial charge >= 0.3 is 5.97 Å². The van der Waals surface area contributed by atoms with Crippen molar-refractivity contribution in [3.05, 3.63) is 74.6 Å². The normalized spacial score (nSPS) is 16.9. The maximum atomic E-state index is 14.0. The van der Waals surface area contributed by atoms with E-state index in [1.54, 1.807) is 6.92 Å². The van der Waals surface area contributed by atoms with Gasteiger partial charge < -0.3 is 20.3 Å². The second-order valence-electron chi connectivity index (χ2n) is 6.75. The Morgan fingerprint density at radius 1 is 1.33 bits per heavy atom. The van der Waals surface area contributed by atoms with Crippen molar-refractivity contribution in [2.75, 3.05) is 0 Å². The zero-order valence-corrected chi connectivity index (χ0v) is 18.9. The molecule has 3 heterocycles. The van der Waals surface area contributed by atoms with Gasteiger partial charge in [-0.15, -0.1) is 0 Å². The van der Waals surface area contributed by atoms with Gasteiger partial charge in [-0.25, -0.2) is 18.6 Å². The first-order chi connectivity index (χ1) is 15.4. The second kappa shape index (κ2) is 10.2. The largest absolute Gasteiger partial charge is 0.479 e. The van der Waals surface area contributed by atoms with Gasteiger partial charge in [0.05, 0.1) is 11.9 Å². The Balaban J connectivity index is 0.00000187. The summed E-state index contributed by atoms with van der Waals surface area (Å²) in [6.45, 7) is 7.16. The highest BCUT2D eigenvalue weighted by atomic mass is 35.5. The highest BCUT2D eigenvalue weighted by Gasteiger charge is 2.32. The minimum absolute atomic E-state index is 0.248. The first-order valence-electron chi connectivity index (χ1n) is 9.74. The summed E-state index contributed by atoms with van der Waals surface area (Å²) in [6.07, 6.45) is 3.40. The number of rotatable bonds is 5. The molecule has 3 rings (SSSR count). The first kappa shape index (κ1) is 26.1. The fourth-order valence-corrected chi connectivity index (χ4v) is 3.15. The third-order valence-corrected chi connectivity index (χ3v) is 4.78. The lowest BCUT2D eigenvalue weighted by molar-refractivity contribution is -0.137. The third kappa shape index (κ3) is 5.43. The van der Waals surface area contributed by atoms with Crippen molar-refractivity contribution in [2.24, 2.45) is 0 Å². The number of aryl methyl sites for hydroxylation is 1. The van der Waals surface area contributed by atoms with Crippen LogP contribution in [0.5, 0.6) is 5.75 Å². The van der Waals surface area contributed by atoms with Gasteiger partial charge in [-0.2, -0.15) is 0 Å². The molecule has 1 aliphatic heterocycles. The molecule has 0 spiro atoms. The number of hydrogen-bond acceptors (Lipinski definition) is 6. The standard InChI is InChI=1S/C19H15BClF2N3O5.C2H6/c1-8-6-24-12(18(28)29)5-13(8)26-9(2)3-14(15(21)17(26)27)31-19(20,30)16-11(23)4-10(22)7-25-16;1-2/h3-7,12,24,30H,1-2H3,(H,28,29);1-2H3/t12-,19?;/m1./s1. The molecule has 0 amide bonds. The number of aromatic nitrogens is 2. The number of dihydropyridines is 1. The van der Waals surface area contributed by atoms with E-state index in [9.17, 15) is 28.6 Å². The first-order valence-corrected chi connectivity index (χ1v) is 10.1. The molecule has 2 aromatic heterocycles. The van der Waals surface area contributed by atoms with Crippen LogP contribution in [0.3, 0.4) is 0 Å². The van der Waals surface area contributed by atoms with Gasteiger partial charge in [0, 0.05) is 24.0 Å². The molecule has 3 N–H and O–H groups in total. The smallest absolute Gasteiger partial charge is 0.330 e. The van der Waals surface area contributed by atoms with Gasteiger partial charge in [-0.1, -0.05) is 25.4 Å². The number of pyridine rings is 2. The number of aliphatic hydroxyl groups is 1. The van der Waals surface area contributed by atoms with Crippen LogP contribution in [0.1, 0.15) is 32.2 Å². The van der Waals surface area contributed by atoms with Crippen LogP contribution in [-0.2, 0) is 10.5 Å². The highest BCUT2D eigenvalue weighted by molar-refractivity contribution is 6.32. The van der Waals surface area contributed by atoms with E-state index in [1.807, 2.05) is 13.8 Å². The quantitative estimate of drug-likeness (QED) is 0.446. The Labute approximate surface area is 194 Å². The van der Waals surface area contributed by atoms with Gasteiger partial charge in [0.2, 0.25) is 5.69 Å². The van der Waals surface area contributed by atoms with Crippen molar-refractivity contribution in [3.8, 4) is 5.75 Å². The third-order valence-electron chi connectivity index (χ3n) is 4.43. The average Bonchev–Trinajstić information content (AvgIpc) is 2.74. The molecule has 33 heavy (non-hydrogen) atoms. The molecule has 2 radical (unpaired) electrons. The molecule has 0 fully saturated rings. The highest BCUT2D eigenvalue weighted by Crippen LogP contribution is 2.31. The number of nitrogens with one attached hydrogen (secondary N) is 1. The summed E-state index contributed by atoms with van der Waals surface area (Å²) >= 11 is 6.12. The number of aliphatic carboxylic acids is 1. The number of carboxylic acids is 1. The maximum absolute atomic E-state index is 14.0. The Kier molecular flexibility index (Phi) is 8.04. The predicted octanol–water partition coefficient (Wildman–Crippen LogP) is 2.66. The fourth-order valence-electron chi connectivity index (χ4n) is 2.97. The molecule has 0 bridgehead atoms. The van der Waals surface area contributed by atoms with E-state index in [4.69, 9.17) is 24.2 Å². The van der Waals surface area contributed by atoms with Crippen LogP contribution in [0.2, 0.25) is 5.02 Å². The minimum Gasteiger partial charge on any atom is -0.479 e. The van der Waals surface area contributed by atoms with E-state index < -0.39 is 45.6 Å². The van der Waals surface area contributed by atoms with Crippen LogP contribution >= 0.6 is 11.6 Å². The molecule has 174 valence electrons. The van der Waals surface area contributed by atoms with E-state index in [2.05, 4.69) is 10.3 Å². The average molecular weight is 480 g/mol. The molecule has 0 aromatic carbocycles. The molecule has 0 saturated carbocycles. The Morgan fingerprint density at radius 3 is 2.55 bits per heavy atom. The minimum atomic E-state index is -2.87. The van der Waals surface area contributed by atoms with Crippen molar-refractivity contribution in [3.63, 3.8) is 0 Å². The number of ether oxygens (including phenoxy) is 1. The molecule has 8 nitrogen and oxygen atoms in total. The van der Waals surface area contributed by atoms with E-state index in [-0.39, 0.29) is 17.1 Å². The fraction of sp³-hybridized carbons (Fsp3) is 0.286. The molecule has 1 unspecified atom stereocenters. The van der Waals surface area contributed by atoms with Gasteiger partial charge in [0.25, 0.3) is 5.56 Å². The number of halogens is 3. The maximum Gasteiger partial charge on any atom is 0.330 e. The lowest BCUT2D eigenvalue weighted by Crippen LogP contribution is -2.37. The number of carboxylic acid groups (broad SMARTS) is 1. The van der Waals surface area contributed by atoms with Crippen LogP contribution in [0.15, 0.2) is 41.0 Å². The molecule has 2 atom stereocenters. The zero-order valence-electron chi connectivity index (χ0n) is 18.2. The lowest BCUT2D eigenvalue weighted by Gasteiger charge is -2.27. The number of carbonyl (C=O) groups is 1. The molecular weight excluding hydrogens is 459 g/mol. The Morgan fingerprint density at radius 2 is 1.97 bits per heavy atom. The van der Waals surface area contributed by atoms with Crippen molar-refractivity contribution >= 4 is 31.1 Å². The summed E-state index contributed by atoms with van der Waals surface area (Å²) in [4.78, 5) is 27.6. The molecular formula is C21H21BClF2N3O5. The zero-order chi connectivity index (χ0) is 25.1. The molecule has 0 aliphatic carbocycles. The summed E-state index contributed by atoms with van der Waals surface area (Å²) in [5, 5.41) is 21.7. The van der Waals surface area contributed by atoms with Crippen molar-refractivity contribution in [1.82, 2.24) is 14.9 Å². The van der Waals surface area contributed by atoms with Crippen molar-refractivity contribution in [1.29, 1.82) is 0 Å². The van der Waals surface area contributed by atoms with Gasteiger partial charge in [0.1, 0.15) is 28.3 Å². The molecule has 2 aromatic rings. The van der Waals surface area contributed by atoms with Crippen LogP contribution in [0, 0.1) is 18.6 Å². The van der Waals surface area contributed by atoms with E-state index >= 15 is 0 Å². The summed E-state index contributed by atoms with van der Waals surface area (Å²) < 4.78 is 33.4. The summed E-state index contributed by atoms with van der Waals surface area (Å²) in [5.74, 6) is -3.81. The Bertz CT molecular complexity index is 1200. The predicted molar refractivity (Wildman–Crippen MR) is 119 cm³/mol. The summed E-state index contributed by atoms with van der Waals surface area (Å²) in [5.41, 5.74) is -3.42.